The normalized spacial score (nSPS) is 13.5. The zero-order chi connectivity index (χ0) is 29.3. The molecule has 0 spiro atoms. The van der Waals surface area contributed by atoms with Gasteiger partial charge >= 0.3 is 11.8 Å². The van der Waals surface area contributed by atoms with Crippen molar-refractivity contribution in [2.45, 2.75) is 44.8 Å². The van der Waals surface area contributed by atoms with Gasteiger partial charge in [0.1, 0.15) is 18.2 Å². The molecule has 214 valence electrons. The van der Waals surface area contributed by atoms with E-state index in [-0.39, 0.29) is 35.6 Å². The monoisotopic (exact) mass is 566 g/mol. The third-order valence-corrected chi connectivity index (χ3v) is 7.16. The van der Waals surface area contributed by atoms with Gasteiger partial charge in [-0.15, -0.1) is 0 Å². The van der Waals surface area contributed by atoms with Crippen LogP contribution < -0.4 is 20.8 Å². The Kier molecular flexibility index (Phi) is 9.18. The standard InChI is InChI=1S/C33H31FN4O4/c34-24-17-14-22(15-18-24)21-42-30-19-16-23-8-4-5-11-26(23)28(30)20-35-38-33(41)32(40)37-29-13-7-6-12-27(29)31(39)36-25-9-2-1-3-10-25/h4-8,11-20,25H,1-3,9-10,21H2,(H,36,39)(H,37,40)(H,38,41)/b35-20-. The number of carbonyl (C=O) groups is 3. The van der Waals surface area contributed by atoms with Crippen molar-refractivity contribution < 1.29 is 23.5 Å². The van der Waals surface area contributed by atoms with Crippen LogP contribution in [0.25, 0.3) is 10.8 Å². The Morgan fingerprint density at radius 2 is 1.60 bits per heavy atom. The summed E-state index contributed by atoms with van der Waals surface area (Å²) in [5, 5.41) is 11.3. The second-order valence-electron chi connectivity index (χ2n) is 10.1. The van der Waals surface area contributed by atoms with E-state index >= 15 is 0 Å². The van der Waals surface area contributed by atoms with E-state index in [2.05, 4.69) is 21.2 Å². The molecule has 9 heteroatoms. The van der Waals surface area contributed by atoms with Crippen molar-refractivity contribution in [1.29, 1.82) is 0 Å². The van der Waals surface area contributed by atoms with Gasteiger partial charge in [-0.1, -0.05) is 73.9 Å². The van der Waals surface area contributed by atoms with Crippen LogP contribution in [0.15, 0.2) is 90.0 Å². The highest BCUT2D eigenvalue weighted by molar-refractivity contribution is 6.40. The summed E-state index contributed by atoms with van der Waals surface area (Å²) in [5.74, 6) is -2.08. The van der Waals surface area contributed by atoms with E-state index in [1.807, 2.05) is 30.3 Å². The molecule has 1 aliphatic rings. The highest BCUT2D eigenvalue weighted by Crippen LogP contribution is 2.27. The zero-order valence-electron chi connectivity index (χ0n) is 22.9. The molecule has 4 aromatic rings. The molecule has 0 radical (unpaired) electrons. The Morgan fingerprint density at radius 1 is 0.857 bits per heavy atom. The van der Waals surface area contributed by atoms with E-state index in [1.54, 1.807) is 42.5 Å². The van der Waals surface area contributed by atoms with E-state index < -0.39 is 11.8 Å². The molecule has 1 saturated carbocycles. The number of hydrazone groups is 1. The fraction of sp³-hybridized carbons (Fsp3) is 0.212. The number of ether oxygens (including phenoxy) is 1. The molecule has 0 bridgehead atoms. The van der Waals surface area contributed by atoms with E-state index in [9.17, 15) is 18.8 Å². The maximum atomic E-state index is 13.3. The predicted molar refractivity (Wildman–Crippen MR) is 160 cm³/mol. The van der Waals surface area contributed by atoms with Crippen LogP contribution in [0, 0.1) is 5.82 Å². The van der Waals surface area contributed by atoms with Crippen LogP contribution in [0.5, 0.6) is 5.75 Å². The molecule has 0 unspecified atom stereocenters. The van der Waals surface area contributed by atoms with Gasteiger partial charge in [0.25, 0.3) is 5.91 Å². The molecular formula is C33H31FN4O4. The first-order chi connectivity index (χ1) is 20.5. The molecule has 1 aliphatic carbocycles. The molecule has 0 atom stereocenters. The van der Waals surface area contributed by atoms with Crippen molar-refractivity contribution in [3.8, 4) is 5.75 Å². The average molecular weight is 567 g/mol. The number of hydrogen-bond donors (Lipinski definition) is 3. The SMILES string of the molecule is O=C(N/N=C\c1c(OCc2ccc(F)cc2)ccc2ccccc12)C(=O)Nc1ccccc1C(=O)NC1CCCCC1. The number of halogens is 1. The van der Waals surface area contributed by atoms with Crippen molar-refractivity contribution in [2.24, 2.45) is 5.10 Å². The predicted octanol–water partition coefficient (Wildman–Crippen LogP) is 5.71. The third kappa shape index (κ3) is 7.17. The van der Waals surface area contributed by atoms with E-state index in [4.69, 9.17) is 4.74 Å². The van der Waals surface area contributed by atoms with Crippen LogP contribution in [0.4, 0.5) is 10.1 Å². The second kappa shape index (κ2) is 13.5. The summed E-state index contributed by atoms with van der Waals surface area (Å²) in [6.07, 6.45) is 6.59. The third-order valence-electron chi connectivity index (χ3n) is 7.16. The van der Waals surface area contributed by atoms with Gasteiger partial charge in [-0.2, -0.15) is 5.10 Å². The van der Waals surface area contributed by atoms with Crippen LogP contribution in [-0.2, 0) is 16.2 Å². The Morgan fingerprint density at radius 3 is 2.40 bits per heavy atom. The molecule has 8 nitrogen and oxygen atoms in total. The lowest BCUT2D eigenvalue weighted by atomic mass is 9.95. The minimum Gasteiger partial charge on any atom is -0.488 e. The van der Waals surface area contributed by atoms with Gasteiger partial charge in [0, 0.05) is 11.6 Å². The molecule has 3 N–H and O–H groups in total. The summed E-state index contributed by atoms with van der Waals surface area (Å²) < 4.78 is 19.3. The number of anilines is 1. The quantitative estimate of drug-likeness (QED) is 0.144. The zero-order valence-corrected chi connectivity index (χ0v) is 22.9. The summed E-state index contributed by atoms with van der Waals surface area (Å²) in [7, 11) is 0. The number of nitrogens with one attached hydrogen (secondary N) is 3. The summed E-state index contributed by atoms with van der Waals surface area (Å²) in [6, 6.07) is 24.0. The maximum absolute atomic E-state index is 13.3. The molecule has 4 aromatic carbocycles. The molecule has 42 heavy (non-hydrogen) atoms. The molecular weight excluding hydrogens is 535 g/mol. The molecule has 0 aromatic heterocycles. The minimum absolute atomic E-state index is 0.103. The van der Waals surface area contributed by atoms with Gasteiger partial charge in [-0.05, 0) is 59.5 Å². The first-order valence-corrected chi connectivity index (χ1v) is 13.9. The smallest absolute Gasteiger partial charge is 0.329 e. The topological polar surface area (TPSA) is 109 Å². The summed E-state index contributed by atoms with van der Waals surface area (Å²) >= 11 is 0. The molecule has 0 aliphatic heterocycles. The fourth-order valence-corrected chi connectivity index (χ4v) is 4.96. The van der Waals surface area contributed by atoms with Crippen LogP contribution in [0.3, 0.4) is 0 Å². The van der Waals surface area contributed by atoms with Gasteiger partial charge in [0.05, 0.1) is 17.5 Å². The molecule has 1 fully saturated rings. The summed E-state index contributed by atoms with van der Waals surface area (Å²) in [5.41, 5.74) is 4.16. The van der Waals surface area contributed by atoms with Crippen molar-refractivity contribution in [1.82, 2.24) is 10.7 Å². The lowest BCUT2D eigenvalue weighted by Crippen LogP contribution is -2.37. The molecule has 0 saturated heterocycles. The van der Waals surface area contributed by atoms with Gasteiger partial charge in [-0.25, -0.2) is 9.82 Å². The van der Waals surface area contributed by atoms with Crippen molar-refractivity contribution >= 4 is 40.4 Å². The number of nitrogens with zero attached hydrogens (tertiary/aromatic N) is 1. The molecule has 5 rings (SSSR count). The number of hydrogen-bond acceptors (Lipinski definition) is 5. The van der Waals surface area contributed by atoms with Crippen molar-refractivity contribution in [3.05, 3.63) is 107 Å². The van der Waals surface area contributed by atoms with Gasteiger partial charge in [0.2, 0.25) is 0 Å². The number of para-hydroxylation sites is 1. The second-order valence-corrected chi connectivity index (χ2v) is 10.1. The largest absolute Gasteiger partial charge is 0.488 e. The summed E-state index contributed by atoms with van der Waals surface area (Å²) in [4.78, 5) is 38.2. The lowest BCUT2D eigenvalue weighted by molar-refractivity contribution is -0.136. The van der Waals surface area contributed by atoms with E-state index in [1.165, 1.54) is 24.8 Å². The van der Waals surface area contributed by atoms with Gasteiger partial charge in [0.15, 0.2) is 0 Å². The average Bonchev–Trinajstić information content (AvgIpc) is 3.02. The van der Waals surface area contributed by atoms with Gasteiger partial charge in [-0.3, -0.25) is 14.4 Å². The van der Waals surface area contributed by atoms with Crippen LogP contribution in [0.1, 0.15) is 53.6 Å². The molecule has 0 heterocycles. The van der Waals surface area contributed by atoms with Crippen molar-refractivity contribution in [3.63, 3.8) is 0 Å². The Hall–Kier alpha value is -5.05. The van der Waals surface area contributed by atoms with Crippen LogP contribution >= 0.6 is 0 Å². The fourth-order valence-electron chi connectivity index (χ4n) is 4.96. The Labute approximate surface area is 243 Å². The Balaban J connectivity index is 1.26. The first-order valence-electron chi connectivity index (χ1n) is 13.9. The molecule has 3 amide bonds. The highest BCUT2D eigenvalue weighted by atomic mass is 19.1. The number of carbonyl (C=O) groups excluding carboxylic acids is 3. The number of benzene rings is 4. The Bertz CT molecular complexity index is 1610. The minimum atomic E-state index is -0.997. The van der Waals surface area contributed by atoms with Gasteiger partial charge < -0.3 is 15.4 Å². The van der Waals surface area contributed by atoms with E-state index in [0.717, 1.165) is 42.0 Å². The van der Waals surface area contributed by atoms with Crippen LogP contribution in [0.2, 0.25) is 0 Å². The first kappa shape index (κ1) is 28.5. The summed E-state index contributed by atoms with van der Waals surface area (Å²) in [6.45, 7) is 0.196. The highest BCUT2D eigenvalue weighted by Gasteiger charge is 2.21. The number of fused-ring (bicyclic) bond motifs is 1. The van der Waals surface area contributed by atoms with Crippen LogP contribution in [-0.4, -0.2) is 30.0 Å². The lowest BCUT2D eigenvalue weighted by Gasteiger charge is -2.23. The maximum Gasteiger partial charge on any atom is 0.329 e. The van der Waals surface area contributed by atoms with E-state index in [0.29, 0.717) is 11.3 Å². The number of rotatable bonds is 8. The van der Waals surface area contributed by atoms with Crippen molar-refractivity contribution in [2.75, 3.05) is 5.32 Å². The number of amides is 3.